The maximum Gasteiger partial charge on any atom is 0.332 e. The van der Waals surface area contributed by atoms with Gasteiger partial charge in [-0.25, -0.2) is 4.79 Å². The summed E-state index contributed by atoms with van der Waals surface area (Å²) in [6, 6.07) is 5.00. The monoisotopic (exact) mass is 248 g/mol. The molecule has 0 aliphatic heterocycles. The van der Waals surface area contributed by atoms with Gasteiger partial charge >= 0.3 is 5.97 Å². The van der Waals surface area contributed by atoms with Crippen molar-refractivity contribution in [2.75, 3.05) is 13.7 Å². The van der Waals surface area contributed by atoms with Crippen LogP contribution in [0.4, 0.5) is 0 Å². The minimum Gasteiger partial charge on any atom is -0.459 e. The minimum atomic E-state index is -0.427. The number of rotatable bonds is 4. The Morgan fingerprint density at radius 1 is 1.40 bits per heavy atom. The summed E-state index contributed by atoms with van der Waals surface area (Å²) in [6.45, 7) is 0.0589. The van der Waals surface area contributed by atoms with Crippen molar-refractivity contribution in [3.63, 3.8) is 0 Å². The van der Waals surface area contributed by atoms with E-state index in [0.717, 1.165) is 0 Å². The molecule has 0 atom stereocenters. The molecule has 82 valence electrons. The van der Waals surface area contributed by atoms with Gasteiger partial charge in [0, 0.05) is 22.7 Å². The van der Waals surface area contributed by atoms with Crippen molar-refractivity contribution in [1.29, 1.82) is 0 Å². The summed E-state index contributed by atoms with van der Waals surface area (Å²) >= 11 is 11.6. The second-order valence-electron chi connectivity index (χ2n) is 2.83. The highest BCUT2D eigenvalue weighted by Crippen LogP contribution is 2.21. The number of methoxy groups -OCH3 is 1. The summed E-state index contributed by atoms with van der Waals surface area (Å²) in [5.74, 6) is -0.427. The molecule has 0 N–H and O–H groups in total. The number of hydrogen-bond acceptors (Lipinski definition) is 3. The molecule has 0 saturated carbocycles. The Bertz CT molecular complexity index is 353. The normalized spacial score (nSPS) is 10.1. The van der Waals surface area contributed by atoms with Crippen LogP contribution in [0.15, 0.2) is 18.2 Å². The molecule has 0 saturated heterocycles. The summed E-state index contributed by atoms with van der Waals surface area (Å²) < 4.78 is 9.51. The highest BCUT2D eigenvalue weighted by atomic mass is 35.5. The first-order chi connectivity index (χ1) is 7.13. The number of benzene rings is 1. The molecule has 1 rings (SSSR count). The third-order valence-corrected chi connectivity index (χ3v) is 2.25. The molecule has 0 aliphatic rings. The molecule has 0 radical (unpaired) electrons. The zero-order valence-electron chi connectivity index (χ0n) is 8.13. The van der Waals surface area contributed by atoms with E-state index in [1.165, 1.54) is 7.11 Å². The molecule has 0 heterocycles. The standard InChI is InChI=1S/C10H10Cl2O3/c1-14-6-10(13)15-5-7-2-3-8(11)4-9(7)12/h2-4H,5-6H2,1H3. The van der Waals surface area contributed by atoms with E-state index in [0.29, 0.717) is 15.6 Å². The fourth-order valence-corrected chi connectivity index (χ4v) is 1.42. The van der Waals surface area contributed by atoms with Gasteiger partial charge in [0.15, 0.2) is 0 Å². The summed E-state index contributed by atoms with van der Waals surface area (Å²) in [6.07, 6.45) is 0. The van der Waals surface area contributed by atoms with Gasteiger partial charge < -0.3 is 9.47 Å². The third-order valence-electron chi connectivity index (χ3n) is 1.67. The lowest BCUT2D eigenvalue weighted by molar-refractivity contribution is -0.149. The summed E-state index contributed by atoms with van der Waals surface area (Å²) in [5.41, 5.74) is 0.713. The topological polar surface area (TPSA) is 35.5 Å². The van der Waals surface area contributed by atoms with E-state index in [9.17, 15) is 4.79 Å². The van der Waals surface area contributed by atoms with E-state index >= 15 is 0 Å². The van der Waals surface area contributed by atoms with E-state index in [4.69, 9.17) is 27.9 Å². The molecular formula is C10H10Cl2O3. The quantitative estimate of drug-likeness (QED) is 0.769. The van der Waals surface area contributed by atoms with Gasteiger partial charge in [0.2, 0.25) is 0 Å². The predicted molar refractivity (Wildman–Crippen MR) is 58.1 cm³/mol. The Hall–Kier alpha value is -0.770. The van der Waals surface area contributed by atoms with Crippen LogP contribution in [0.2, 0.25) is 10.0 Å². The smallest absolute Gasteiger partial charge is 0.332 e. The van der Waals surface area contributed by atoms with Crippen LogP contribution in [0.1, 0.15) is 5.56 Å². The Kier molecular flexibility index (Phi) is 4.88. The lowest BCUT2D eigenvalue weighted by Crippen LogP contribution is -2.10. The van der Waals surface area contributed by atoms with Crippen LogP contribution in [-0.4, -0.2) is 19.7 Å². The first-order valence-corrected chi connectivity index (χ1v) is 4.97. The van der Waals surface area contributed by atoms with E-state index in [2.05, 4.69) is 4.74 Å². The van der Waals surface area contributed by atoms with Gasteiger partial charge in [-0.15, -0.1) is 0 Å². The predicted octanol–water partition coefficient (Wildman–Crippen LogP) is 2.68. The molecule has 5 heteroatoms. The molecule has 0 aliphatic carbocycles. The van der Waals surface area contributed by atoms with Crippen LogP contribution in [-0.2, 0) is 20.9 Å². The molecule has 1 aromatic carbocycles. The van der Waals surface area contributed by atoms with Crippen LogP contribution in [0.25, 0.3) is 0 Å². The van der Waals surface area contributed by atoms with Crippen molar-refractivity contribution in [3.05, 3.63) is 33.8 Å². The molecule has 0 fully saturated rings. The van der Waals surface area contributed by atoms with Crippen molar-refractivity contribution in [2.24, 2.45) is 0 Å². The molecule has 0 bridgehead atoms. The largest absolute Gasteiger partial charge is 0.459 e. The Balaban J connectivity index is 2.54. The van der Waals surface area contributed by atoms with Crippen LogP contribution in [0.5, 0.6) is 0 Å². The van der Waals surface area contributed by atoms with Crippen molar-refractivity contribution in [3.8, 4) is 0 Å². The van der Waals surface area contributed by atoms with E-state index in [-0.39, 0.29) is 13.2 Å². The fraction of sp³-hybridized carbons (Fsp3) is 0.300. The first kappa shape index (κ1) is 12.3. The summed E-state index contributed by atoms with van der Waals surface area (Å²) in [5, 5.41) is 1.03. The zero-order valence-corrected chi connectivity index (χ0v) is 9.64. The van der Waals surface area contributed by atoms with Gasteiger partial charge in [-0.3, -0.25) is 0 Å². The number of hydrogen-bond donors (Lipinski definition) is 0. The SMILES string of the molecule is COCC(=O)OCc1ccc(Cl)cc1Cl. The third kappa shape index (κ3) is 4.08. The van der Waals surface area contributed by atoms with Crippen molar-refractivity contribution in [2.45, 2.75) is 6.61 Å². The fourth-order valence-electron chi connectivity index (χ4n) is 0.957. The first-order valence-electron chi connectivity index (χ1n) is 4.22. The summed E-state index contributed by atoms with van der Waals surface area (Å²) in [7, 11) is 1.43. The number of halogens is 2. The average Bonchev–Trinajstić information content (AvgIpc) is 2.17. The molecule has 15 heavy (non-hydrogen) atoms. The van der Waals surface area contributed by atoms with Gasteiger partial charge in [0.05, 0.1) is 0 Å². The molecule has 0 spiro atoms. The second-order valence-corrected chi connectivity index (χ2v) is 3.67. The second kappa shape index (κ2) is 5.95. The van der Waals surface area contributed by atoms with Gasteiger partial charge in [-0.2, -0.15) is 0 Å². The van der Waals surface area contributed by atoms with Crippen LogP contribution < -0.4 is 0 Å². The maximum atomic E-state index is 11.0. The Morgan fingerprint density at radius 3 is 2.73 bits per heavy atom. The molecular weight excluding hydrogens is 239 g/mol. The lowest BCUT2D eigenvalue weighted by Gasteiger charge is -2.06. The van der Waals surface area contributed by atoms with Crippen LogP contribution >= 0.6 is 23.2 Å². The van der Waals surface area contributed by atoms with E-state index in [1.54, 1.807) is 18.2 Å². The molecule has 0 unspecified atom stereocenters. The maximum absolute atomic E-state index is 11.0. The van der Waals surface area contributed by atoms with Gasteiger partial charge in [-0.05, 0) is 12.1 Å². The number of ether oxygens (including phenoxy) is 2. The lowest BCUT2D eigenvalue weighted by atomic mass is 10.2. The number of carbonyl (C=O) groups excluding carboxylic acids is 1. The van der Waals surface area contributed by atoms with Crippen molar-refractivity contribution in [1.82, 2.24) is 0 Å². The zero-order chi connectivity index (χ0) is 11.3. The van der Waals surface area contributed by atoms with Crippen LogP contribution in [0.3, 0.4) is 0 Å². The summed E-state index contributed by atoms with van der Waals surface area (Å²) in [4.78, 5) is 11.0. The van der Waals surface area contributed by atoms with Gasteiger partial charge in [-0.1, -0.05) is 29.3 Å². The Morgan fingerprint density at radius 2 is 2.13 bits per heavy atom. The number of esters is 1. The van der Waals surface area contributed by atoms with Crippen molar-refractivity contribution >= 4 is 29.2 Å². The molecule has 0 aromatic heterocycles. The van der Waals surface area contributed by atoms with E-state index < -0.39 is 5.97 Å². The molecule has 1 aromatic rings. The number of carbonyl (C=O) groups is 1. The Labute approximate surface area is 97.9 Å². The molecule has 0 amide bonds. The van der Waals surface area contributed by atoms with Gasteiger partial charge in [0.1, 0.15) is 13.2 Å². The minimum absolute atomic E-state index is 0.0643. The highest BCUT2D eigenvalue weighted by molar-refractivity contribution is 6.35. The average molecular weight is 249 g/mol. The highest BCUT2D eigenvalue weighted by Gasteiger charge is 2.05. The van der Waals surface area contributed by atoms with Gasteiger partial charge in [0.25, 0.3) is 0 Å². The van der Waals surface area contributed by atoms with E-state index in [1.807, 2.05) is 0 Å². The molecule has 3 nitrogen and oxygen atoms in total. The van der Waals surface area contributed by atoms with Crippen LogP contribution in [0, 0.1) is 0 Å². The van der Waals surface area contributed by atoms with Crippen molar-refractivity contribution < 1.29 is 14.3 Å².